The van der Waals surface area contributed by atoms with Crippen molar-refractivity contribution in [1.29, 1.82) is 5.26 Å². The summed E-state index contributed by atoms with van der Waals surface area (Å²) in [6.45, 7) is 5.30. The summed E-state index contributed by atoms with van der Waals surface area (Å²) in [6.07, 6.45) is 5.88. The van der Waals surface area contributed by atoms with Crippen molar-refractivity contribution in [2.24, 2.45) is 11.7 Å². The van der Waals surface area contributed by atoms with Gasteiger partial charge in [-0.3, -0.25) is 4.68 Å². The summed E-state index contributed by atoms with van der Waals surface area (Å²) >= 11 is 0. The van der Waals surface area contributed by atoms with E-state index in [1.54, 1.807) is 4.52 Å². The van der Waals surface area contributed by atoms with Crippen LogP contribution in [0.5, 0.6) is 0 Å². The quantitative estimate of drug-likeness (QED) is 0.557. The van der Waals surface area contributed by atoms with Gasteiger partial charge >= 0.3 is 0 Å². The molecule has 3 aromatic heterocycles. The number of rotatable bonds is 7. The Balaban J connectivity index is 1.50. The molecule has 1 aliphatic carbocycles. The minimum atomic E-state index is 0.310. The number of aryl methyl sites for hydroxylation is 2. The standard InChI is InChI=1S/C20H27N9/c1-3-15-12(2)26-29-18(23)16(11-22)19(25-20(15)29)24-8-6-14-7-9-28(27-14)17-5-4-13(17)10-21/h7,9,13,17H,3-6,8,10,21,23H2,1-2H3,(H,24,25). The molecular formula is C20H27N9. The van der Waals surface area contributed by atoms with E-state index >= 15 is 0 Å². The van der Waals surface area contributed by atoms with Gasteiger partial charge in [-0.25, -0.2) is 4.98 Å². The third kappa shape index (κ3) is 3.29. The monoisotopic (exact) mass is 393 g/mol. The molecule has 2 unspecified atom stereocenters. The number of nitrogens with one attached hydrogen (secondary N) is 1. The van der Waals surface area contributed by atoms with Gasteiger partial charge in [-0.1, -0.05) is 6.92 Å². The van der Waals surface area contributed by atoms with Crippen molar-refractivity contribution in [2.75, 3.05) is 24.1 Å². The molecule has 0 bridgehead atoms. The van der Waals surface area contributed by atoms with Crippen molar-refractivity contribution in [3.05, 3.63) is 34.8 Å². The first-order valence-corrected chi connectivity index (χ1v) is 10.1. The zero-order valence-electron chi connectivity index (χ0n) is 16.9. The molecule has 0 amide bonds. The molecule has 0 radical (unpaired) electrons. The average molecular weight is 393 g/mol. The lowest BCUT2D eigenvalue weighted by atomic mass is 9.80. The lowest BCUT2D eigenvalue weighted by Gasteiger charge is -2.35. The lowest BCUT2D eigenvalue weighted by molar-refractivity contribution is 0.173. The SMILES string of the molecule is CCc1c(C)nn2c(N)c(C#N)c(NCCc3ccn(C4CCC4CN)n3)nc12. The minimum absolute atomic E-state index is 0.310. The van der Waals surface area contributed by atoms with Gasteiger partial charge < -0.3 is 16.8 Å². The van der Waals surface area contributed by atoms with Crippen molar-refractivity contribution in [3.8, 4) is 6.07 Å². The highest BCUT2D eigenvalue weighted by molar-refractivity contribution is 5.69. The van der Waals surface area contributed by atoms with E-state index in [9.17, 15) is 5.26 Å². The third-order valence-corrected chi connectivity index (χ3v) is 5.92. The number of nitrogens with zero attached hydrogens (tertiary/aromatic N) is 6. The molecule has 152 valence electrons. The largest absolute Gasteiger partial charge is 0.382 e. The van der Waals surface area contributed by atoms with Crippen LogP contribution in [0.15, 0.2) is 12.3 Å². The first-order chi connectivity index (χ1) is 14.1. The smallest absolute Gasteiger partial charge is 0.163 e. The number of fused-ring (bicyclic) bond motifs is 1. The van der Waals surface area contributed by atoms with Crippen molar-refractivity contribution in [1.82, 2.24) is 24.4 Å². The van der Waals surface area contributed by atoms with Crippen LogP contribution in [-0.2, 0) is 12.8 Å². The highest BCUT2D eigenvalue weighted by Crippen LogP contribution is 2.37. The van der Waals surface area contributed by atoms with Crippen LogP contribution in [0.1, 0.15) is 48.3 Å². The Morgan fingerprint density at radius 2 is 2.17 bits per heavy atom. The van der Waals surface area contributed by atoms with E-state index in [4.69, 9.17) is 16.6 Å². The van der Waals surface area contributed by atoms with E-state index in [-0.39, 0.29) is 0 Å². The van der Waals surface area contributed by atoms with Crippen LogP contribution in [0.4, 0.5) is 11.6 Å². The van der Waals surface area contributed by atoms with Crippen molar-refractivity contribution in [3.63, 3.8) is 0 Å². The molecule has 0 aliphatic heterocycles. The highest BCUT2D eigenvalue weighted by Gasteiger charge is 2.31. The molecule has 4 rings (SSSR count). The van der Waals surface area contributed by atoms with Crippen LogP contribution in [0.2, 0.25) is 0 Å². The Hall–Kier alpha value is -3.12. The van der Waals surface area contributed by atoms with Crippen LogP contribution in [0.3, 0.4) is 0 Å². The molecule has 0 aromatic carbocycles. The summed E-state index contributed by atoms with van der Waals surface area (Å²) in [6, 6.07) is 4.62. The van der Waals surface area contributed by atoms with Gasteiger partial charge in [0.2, 0.25) is 0 Å². The van der Waals surface area contributed by atoms with Crippen molar-refractivity contribution in [2.45, 2.75) is 45.6 Å². The van der Waals surface area contributed by atoms with Crippen LogP contribution in [0, 0.1) is 24.2 Å². The first-order valence-electron chi connectivity index (χ1n) is 10.1. The van der Waals surface area contributed by atoms with E-state index in [0.717, 1.165) is 36.2 Å². The van der Waals surface area contributed by atoms with Gasteiger partial charge in [0.25, 0.3) is 0 Å². The zero-order valence-corrected chi connectivity index (χ0v) is 16.9. The molecule has 0 spiro atoms. The van der Waals surface area contributed by atoms with Gasteiger partial charge in [0.05, 0.1) is 17.4 Å². The van der Waals surface area contributed by atoms with E-state index in [1.807, 2.05) is 23.9 Å². The highest BCUT2D eigenvalue weighted by atomic mass is 15.3. The summed E-state index contributed by atoms with van der Waals surface area (Å²) in [7, 11) is 0. The molecule has 1 fully saturated rings. The summed E-state index contributed by atoms with van der Waals surface area (Å²) in [5.74, 6) is 1.34. The molecule has 3 heterocycles. The Labute approximate surface area is 169 Å². The second-order valence-electron chi connectivity index (χ2n) is 7.59. The number of aromatic nitrogens is 5. The third-order valence-electron chi connectivity index (χ3n) is 5.92. The van der Waals surface area contributed by atoms with Gasteiger partial charge in [-0.05, 0) is 44.7 Å². The maximum atomic E-state index is 9.58. The van der Waals surface area contributed by atoms with E-state index < -0.39 is 0 Å². The van der Waals surface area contributed by atoms with Crippen LogP contribution < -0.4 is 16.8 Å². The topological polar surface area (TPSA) is 136 Å². The summed E-state index contributed by atoms with van der Waals surface area (Å²) in [5.41, 5.74) is 16.0. The molecule has 5 N–H and O–H groups in total. The number of hydrogen-bond acceptors (Lipinski definition) is 7. The minimum Gasteiger partial charge on any atom is -0.382 e. The molecule has 9 heteroatoms. The maximum Gasteiger partial charge on any atom is 0.163 e. The van der Waals surface area contributed by atoms with Crippen LogP contribution in [-0.4, -0.2) is 37.5 Å². The van der Waals surface area contributed by atoms with E-state index in [1.165, 1.54) is 6.42 Å². The predicted octanol–water partition coefficient (Wildman–Crippen LogP) is 1.81. The van der Waals surface area contributed by atoms with Crippen molar-refractivity contribution >= 4 is 17.3 Å². The number of anilines is 2. The second-order valence-corrected chi connectivity index (χ2v) is 7.59. The van der Waals surface area contributed by atoms with E-state index in [2.05, 4.69) is 28.4 Å². The van der Waals surface area contributed by atoms with Gasteiger partial charge in [0.1, 0.15) is 23.3 Å². The molecule has 3 aromatic rings. The van der Waals surface area contributed by atoms with Gasteiger partial charge in [0.15, 0.2) is 5.65 Å². The molecule has 9 nitrogen and oxygen atoms in total. The summed E-state index contributed by atoms with van der Waals surface area (Å²) < 4.78 is 3.61. The molecule has 29 heavy (non-hydrogen) atoms. The number of nitriles is 1. The number of nitrogens with two attached hydrogens (primary N) is 2. The Bertz CT molecular complexity index is 1070. The zero-order chi connectivity index (χ0) is 20.5. The Morgan fingerprint density at radius 1 is 1.34 bits per heavy atom. The fourth-order valence-corrected chi connectivity index (χ4v) is 4.05. The molecule has 1 saturated carbocycles. The second kappa shape index (κ2) is 7.72. The van der Waals surface area contributed by atoms with Crippen LogP contribution in [0.25, 0.3) is 5.65 Å². The van der Waals surface area contributed by atoms with E-state index in [0.29, 0.717) is 47.9 Å². The molecule has 2 atom stereocenters. The summed E-state index contributed by atoms with van der Waals surface area (Å²) in [5, 5.41) is 22.0. The molecule has 1 aliphatic rings. The van der Waals surface area contributed by atoms with Gasteiger partial charge in [0, 0.05) is 24.7 Å². The Kier molecular flexibility index (Phi) is 5.11. The van der Waals surface area contributed by atoms with Gasteiger partial charge in [-0.2, -0.15) is 20.0 Å². The van der Waals surface area contributed by atoms with Crippen LogP contribution >= 0.6 is 0 Å². The maximum absolute atomic E-state index is 9.58. The normalized spacial score (nSPS) is 18.6. The number of nitrogen functional groups attached to an aromatic ring is 1. The fraction of sp³-hybridized carbons (Fsp3) is 0.500. The molecule has 0 saturated heterocycles. The Morgan fingerprint density at radius 3 is 2.83 bits per heavy atom. The first kappa shape index (κ1) is 19.2. The average Bonchev–Trinajstić information content (AvgIpc) is 3.25. The molecular weight excluding hydrogens is 366 g/mol. The summed E-state index contributed by atoms with van der Waals surface area (Å²) in [4.78, 5) is 4.65. The predicted molar refractivity (Wildman–Crippen MR) is 111 cm³/mol. The van der Waals surface area contributed by atoms with Gasteiger partial charge in [-0.15, -0.1) is 0 Å². The lowest BCUT2D eigenvalue weighted by Crippen LogP contribution is -2.34. The fourth-order valence-electron chi connectivity index (χ4n) is 4.05. The van der Waals surface area contributed by atoms with Crippen molar-refractivity contribution < 1.29 is 0 Å². The number of hydrogen-bond donors (Lipinski definition) is 3.